The monoisotopic (exact) mass is 292 g/mol. The average Bonchev–Trinajstić information content (AvgIpc) is 3.02. The van der Waals surface area contributed by atoms with Crippen molar-refractivity contribution in [1.82, 2.24) is 9.80 Å². The van der Waals surface area contributed by atoms with Gasteiger partial charge in [-0.25, -0.2) is 0 Å². The molecule has 110 valence electrons. The van der Waals surface area contributed by atoms with Gasteiger partial charge in [-0.1, -0.05) is 6.08 Å². The number of ether oxygens (including phenoxy) is 1. The van der Waals surface area contributed by atoms with Gasteiger partial charge in [-0.3, -0.25) is 9.80 Å². The van der Waals surface area contributed by atoms with Crippen molar-refractivity contribution in [3.8, 4) is 0 Å². The molecule has 0 bridgehead atoms. The number of thiophene rings is 1. The molecule has 0 spiro atoms. The third-order valence-electron chi connectivity index (χ3n) is 4.29. The molecule has 2 aliphatic rings. The fourth-order valence-electron chi connectivity index (χ4n) is 3.32. The molecule has 1 aromatic rings. The Bertz CT molecular complexity index is 459. The lowest BCUT2D eigenvalue weighted by molar-refractivity contribution is 0.0760. The van der Waals surface area contributed by atoms with Crippen molar-refractivity contribution in [2.75, 3.05) is 32.8 Å². The largest absolute Gasteiger partial charge is 0.373 e. The van der Waals surface area contributed by atoms with Crippen molar-refractivity contribution in [3.63, 3.8) is 0 Å². The van der Waals surface area contributed by atoms with Crippen LogP contribution in [0.4, 0.5) is 0 Å². The second-order valence-electron chi connectivity index (χ2n) is 5.88. The minimum Gasteiger partial charge on any atom is -0.373 e. The van der Waals surface area contributed by atoms with Gasteiger partial charge >= 0.3 is 0 Å². The minimum absolute atomic E-state index is 0.405. The van der Waals surface area contributed by atoms with Crippen LogP contribution in [0.2, 0.25) is 0 Å². The molecule has 0 aromatic carbocycles. The Morgan fingerprint density at radius 1 is 1.40 bits per heavy atom. The molecule has 2 fully saturated rings. The molecule has 0 amide bonds. The van der Waals surface area contributed by atoms with E-state index >= 15 is 0 Å². The summed E-state index contributed by atoms with van der Waals surface area (Å²) in [5.74, 6) is 0. The highest BCUT2D eigenvalue weighted by Gasteiger charge is 2.36. The van der Waals surface area contributed by atoms with E-state index in [-0.39, 0.29) is 0 Å². The van der Waals surface area contributed by atoms with Crippen LogP contribution in [0.5, 0.6) is 0 Å². The maximum atomic E-state index is 5.82. The first kappa shape index (κ1) is 14.3. The Morgan fingerprint density at radius 2 is 2.30 bits per heavy atom. The first-order chi connectivity index (χ1) is 9.74. The summed E-state index contributed by atoms with van der Waals surface area (Å²) >= 11 is 1.93. The van der Waals surface area contributed by atoms with Crippen LogP contribution in [0.1, 0.15) is 16.2 Å². The minimum atomic E-state index is 0.405. The van der Waals surface area contributed by atoms with Gasteiger partial charge < -0.3 is 4.74 Å². The molecule has 20 heavy (non-hydrogen) atoms. The van der Waals surface area contributed by atoms with Crippen LogP contribution in [-0.2, 0) is 11.3 Å². The Balaban J connectivity index is 1.52. The quantitative estimate of drug-likeness (QED) is 0.776. The lowest BCUT2D eigenvalue weighted by Gasteiger charge is -2.37. The molecule has 2 aliphatic heterocycles. The summed E-state index contributed by atoms with van der Waals surface area (Å²) in [4.78, 5) is 8.11. The average molecular weight is 292 g/mol. The maximum Gasteiger partial charge on any atom is 0.0721 e. The van der Waals surface area contributed by atoms with E-state index in [4.69, 9.17) is 4.74 Å². The molecule has 3 nitrogen and oxygen atoms in total. The van der Waals surface area contributed by atoms with Crippen LogP contribution in [0.25, 0.3) is 0 Å². The van der Waals surface area contributed by atoms with E-state index in [0.717, 1.165) is 13.1 Å². The number of fused-ring (bicyclic) bond motifs is 1. The highest BCUT2D eigenvalue weighted by Crippen LogP contribution is 2.26. The summed E-state index contributed by atoms with van der Waals surface area (Å²) < 4.78 is 5.82. The molecule has 2 atom stereocenters. The first-order valence-electron chi connectivity index (χ1n) is 7.49. The summed E-state index contributed by atoms with van der Waals surface area (Å²) in [6.45, 7) is 12.4. The van der Waals surface area contributed by atoms with E-state index in [2.05, 4.69) is 35.4 Å². The molecule has 0 unspecified atom stereocenters. The van der Waals surface area contributed by atoms with Gasteiger partial charge in [0.25, 0.3) is 0 Å². The molecule has 2 saturated heterocycles. The third kappa shape index (κ3) is 3.31. The molecule has 0 aliphatic carbocycles. The topological polar surface area (TPSA) is 15.7 Å². The summed E-state index contributed by atoms with van der Waals surface area (Å²) in [7, 11) is 0. The van der Waals surface area contributed by atoms with E-state index < -0.39 is 0 Å². The van der Waals surface area contributed by atoms with Crippen molar-refractivity contribution in [1.29, 1.82) is 0 Å². The summed E-state index contributed by atoms with van der Waals surface area (Å²) in [6, 6.07) is 5.18. The molecule has 3 rings (SSSR count). The van der Waals surface area contributed by atoms with Crippen LogP contribution >= 0.6 is 11.3 Å². The summed E-state index contributed by atoms with van der Waals surface area (Å²) in [5, 5.41) is 0. The Labute approximate surface area is 125 Å². The molecule has 0 N–H and O–H groups in total. The molecule has 4 heteroatoms. The van der Waals surface area contributed by atoms with Crippen molar-refractivity contribution in [3.05, 3.63) is 34.5 Å². The lowest BCUT2D eigenvalue weighted by Crippen LogP contribution is -2.49. The van der Waals surface area contributed by atoms with Gasteiger partial charge in [0.2, 0.25) is 0 Å². The molecular formula is C16H24N2OS. The van der Waals surface area contributed by atoms with E-state index in [1.807, 2.05) is 17.4 Å². The number of hydrogen-bond donors (Lipinski definition) is 0. The van der Waals surface area contributed by atoms with Crippen LogP contribution in [0.15, 0.2) is 24.8 Å². The van der Waals surface area contributed by atoms with Gasteiger partial charge in [0.1, 0.15) is 0 Å². The van der Waals surface area contributed by atoms with Gasteiger partial charge in [0, 0.05) is 48.5 Å². The van der Waals surface area contributed by atoms with E-state index in [1.165, 1.54) is 35.8 Å². The third-order valence-corrected chi connectivity index (χ3v) is 5.27. The predicted octanol–water partition coefficient (Wildman–Crippen LogP) is 2.52. The Morgan fingerprint density at radius 3 is 3.05 bits per heavy atom. The van der Waals surface area contributed by atoms with Crippen molar-refractivity contribution < 1.29 is 4.74 Å². The number of nitrogens with zero attached hydrogens (tertiary/aromatic N) is 2. The second kappa shape index (κ2) is 6.39. The fourth-order valence-corrected chi connectivity index (χ4v) is 4.25. The van der Waals surface area contributed by atoms with Gasteiger partial charge in [0.05, 0.1) is 12.7 Å². The Hall–Kier alpha value is -0.680. The molecule has 0 saturated carbocycles. The zero-order valence-corrected chi connectivity index (χ0v) is 13.1. The number of aryl methyl sites for hydroxylation is 1. The number of piperazine rings is 1. The second-order valence-corrected chi connectivity index (χ2v) is 7.25. The highest BCUT2D eigenvalue weighted by atomic mass is 32.1. The van der Waals surface area contributed by atoms with Crippen LogP contribution < -0.4 is 0 Å². The van der Waals surface area contributed by atoms with Crippen LogP contribution in [0.3, 0.4) is 0 Å². The smallest absolute Gasteiger partial charge is 0.0721 e. The summed E-state index contributed by atoms with van der Waals surface area (Å²) in [6.07, 6.45) is 3.43. The zero-order valence-electron chi connectivity index (χ0n) is 12.3. The number of rotatable bonds is 5. The molecule has 3 heterocycles. The standard InChI is InChI=1S/C16H24N2OS/c1-3-8-19-15-9-14-10-17(6-7-18(14)11-15)12-16-5-4-13(2)20-16/h3-5,14-15H,1,6-12H2,2H3/t14-,15+/m1/s1. The lowest BCUT2D eigenvalue weighted by atomic mass is 10.1. The fraction of sp³-hybridized carbons (Fsp3) is 0.625. The van der Waals surface area contributed by atoms with Crippen LogP contribution in [0, 0.1) is 6.92 Å². The highest BCUT2D eigenvalue weighted by molar-refractivity contribution is 7.11. The van der Waals surface area contributed by atoms with Gasteiger partial charge in [-0.2, -0.15) is 0 Å². The molecule has 1 aromatic heterocycles. The molecular weight excluding hydrogens is 268 g/mol. The van der Waals surface area contributed by atoms with E-state index in [1.54, 1.807) is 0 Å². The number of hydrogen-bond acceptors (Lipinski definition) is 4. The van der Waals surface area contributed by atoms with Crippen molar-refractivity contribution >= 4 is 11.3 Å². The summed E-state index contributed by atoms with van der Waals surface area (Å²) in [5.41, 5.74) is 0. The van der Waals surface area contributed by atoms with Crippen LogP contribution in [-0.4, -0.2) is 54.7 Å². The van der Waals surface area contributed by atoms with Crippen molar-refractivity contribution in [2.45, 2.75) is 32.0 Å². The van der Waals surface area contributed by atoms with Gasteiger partial charge in [-0.15, -0.1) is 17.9 Å². The van der Waals surface area contributed by atoms with E-state index in [0.29, 0.717) is 18.8 Å². The van der Waals surface area contributed by atoms with Crippen molar-refractivity contribution in [2.24, 2.45) is 0 Å². The maximum absolute atomic E-state index is 5.82. The Kier molecular flexibility index (Phi) is 4.56. The zero-order chi connectivity index (χ0) is 13.9. The molecule has 0 radical (unpaired) electrons. The predicted molar refractivity (Wildman–Crippen MR) is 84.2 cm³/mol. The van der Waals surface area contributed by atoms with E-state index in [9.17, 15) is 0 Å². The van der Waals surface area contributed by atoms with Gasteiger partial charge in [-0.05, 0) is 25.5 Å². The van der Waals surface area contributed by atoms with Gasteiger partial charge in [0.15, 0.2) is 0 Å². The first-order valence-corrected chi connectivity index (χ1v) is 8.30. The SMILES string of the molecule is C=CCO[C@H]1C[C@@H]2CN(Cc3ccc(C)s3)CCN2C1. The normalized spacial score (nSPS) is 27.6.